The number of rotatable bonds is 8. The van der Waals surface area contributed by atoms with Crippen LogP contribution in [0.2, 0.25) is 5.02 Å². The van der Waals surface area contributed by atoms with Gasteiger partial charge >= 0.3 is 0 Å². The van der Waals surface area contributed by atoms with Gasteiger partial charge in [-0.25, -0.2) is 17.7 Å². The fourth-order valence-electron chi connectivity index (χ4n) is 4.80. The van der Waals surface area contributed by atoms with Gasteiger partial charge in [0.2, 0.25) is 10.9 Å². The second-order valence-corrected chi connectivity index (χ2v) is 10.9. The quantitative estimate of drug-likeness (QED) is 0.397. The predicted octanol–water partition coefficient (Wildman–Crippen LogP) is 5.39. The van der Waals surface area contributed by atoms with E-state index in [0.29, 0.717) is 17.4 Å². The monoisotopic (exact) mass is 528 g/mol. The van der Waals surface area contributed by atoms with E-state index in [1.165, 1.54) is 32.1 Å². The van der Waals surface area contributed by atoms with Gasteiger partial charge in [0.15, 0.2) is 0 Å². The number of nitrogens with zero attached hydrogens (tertiary/aromatic N) is 4. The Labute approximate surface area is 219 Å². The maximum absolute atomic E-state index is 13.1. The molecule has 1 aliphatic carbocycles. The number of halogens is 1. The molecule has 1 heterocycles. The number of thiol groups is 1. The minimum absolute atomic E-state index is 0.0623. The number of amides is 1. The SMILES string of the molecule is Cc1ccc(N(C(=O)c2cn(Cc3ccc(N(C)CC4CCCCC4)cc3Cl)c(C)n2)[SH](=O)=O)cc1. The molecule has 9 heteroatoms. The predicted molar refractivity (Wildman–Crippen MR) is 146 cm³/mol. The minimum atomic E-state index is -3.17. The summed E-state index contributed by atoms with van der Waals surface area (Å²) in [6, 6.07) is 12.8. The molecule has 0 saturated heterocycles. The Morgan fingerprint density at radius 2 is 1.72 bits per heavy atom. The van der Waals surface area contributed by atoms with E-state index in [0.717, 1.165) is 33.6 Å². The first kappa shape index (κ1) is 26.2. The fourth-order valence-corrected chi connectivity index (χ4v) is 5.61. The smallest absolute Gasteiger partial charge is 0.292 e. The fraction of sp³-hybridized carbons (Fsp3) is 0.407. The average Bonchev–Trinajstić information content (AvgIpc) is 3.22. The van der Waals surface area contributed by atoms with Crippen LogP contribution in [-0.2, 0) is 17.4 Å². The highest BCUT2D eigenvalue weighted by Crippen LogP contribution is 2.29. The Kier molecular flexibility index (Phi) is 8.36. The van der Waals surface area contributed by atoms with Gasteiger partial charge < -0.3 is 9.47 Å². The molecule has 0 spiro atoms. The third-order valence-electron chi connectivity index (χ3n) is 6.90. The lowest BCUT2D eigenvalue weighted by molar-refractivity contribution is 0.100. The van der Waals surface area contributed by atoms with Crippen molar-refractivity contribution in [1.29, 1.82) is 0 Å². The van der Waals surface area contributed by atoms with Gasteiger partial charge in [-0.2, -0.15) is 0 Å². The summed E-state index contributed by atoms with van der Waals surface area (Å²) in [5.74, 6) is 0.635. The first-order chi connectivity index (χ1) is 17.2. The van der Waals surface area contributed by atoms with Gasteiger partial charge in [-0.05, 0) is 62.4 Å². The van der Waals surface area contributed by atoms with Crippen LogP contribution < -0.4 is 9.21 Å². The summed E-state index contributed by atoms with van der Waals surface area (Å²) < 4.78 is 26.4. The van der Waals surface area contributed by atoms with Crippen LogP contribution in [-0.4, -0.2) is 37.5 Å². The lowest BCUT2D eigenvalue weighted by atomic mass is 9.89. The van der Waals surface area contributed by atoms with E-state index in [9.17, 15) is 13.2 Å². The lowest BCUT2D eigenvalue weighted by Gasteiger charge is -2.28. The molecule has 0 unspecified atom stereocenters. The Balaban J connectivity index is 1.49. The molecule has 1 aromatic heterocycles. The number of hydrogen-bond acceptors (Lipinski definition) is 5. The second kappa shape index (κ2) is 11.5. The molecular formula is C27H33ClN4O3S. The maximum atomic E-state index is 13.1. The zero-order valence-corrected chi connectivity index (χ0v) is 22.6. The standard InChI is InChI=1S/C27H33ClN4O3S/c1-19-9-12-23(13-10-19)32(36(34)35)27(33)26-18-31(20(2)29-26)17-22-11-14-24(15-25(22)28)30(3)16-21-7-5-4-6-8-21/h9-15,18,21,36H,4-8,16-17H2,1-3H3. The summed E-state index contributed by atoms with van der Waals surface area (Å²) in [5.41, 5.74) is 3.30. The molecule has 1 fully saturated rings. The zero-order chi connectivity index (χ0) is 25.8. The van der Waals surface area contributed by atoms with Gasteiger partial charge in [-0.1, -0.05) is 54.6 Å². The molecule has 4 rings (SSSR count). The number of aromatic nitrogens is 2. The molecule has 7 nitrogen and oxygen atoms in total. The summed E-state index contributed by atoms with van der Waals surface area (Å²) in [5, 5.41) is 0.646. The third kappa shape index (κ3) is 6.10. The van der Waals surface area contributed by atoms with Crippen LogP contribution in [0.5, 0.6) is 0 Å². The van der Waals surface area contributed by atoms with E-state index in [-0.39, 0.29) is 11.4 Å². The number of carbonyl (C=O) groups is 1. The average molecular weight is 529 g/mol. The number of aryl methyl sites for hydroxylation is 2. The first-order valence-corrected chi connectivity index (χ1v) is 13.8. The Morgan fingerprint density at radius 3 is 2.36 bits per heavy atom. The van der Waals surface area contributed by atoms with Gasteiger partial charge in [0, 0.05) is 30.5 Å². The van der Waals surface area contributed by atoms with Crippen LogP contribution in [0.25, 0.3) is 0 Å². The number of imidazole rings is 1. The van der Waals surface area contributed by atoms with Gasteiger partial charge in [-0.3, -0.25) is 4.79 Å². The van der Waals surface area contributed by atoms with Crippen molar-refractivity contribution in [3.05, 3.63) is 76.3 Å². The molecular weight excluding hydrogens is 496 g/mol. The Hall–Kier alpha value is -2.84. The van der Waals surface area contributed by atoms with Gasteiger partial charge in [0.05, 0.1) is 12.2 Å². The number of carbonyl (C=O) groups excluding carboxylic acids is 1. The van der Waals surface area contributed by atoms with Crippen LogP contribution in [0.4, 0.5) is 11.4 Å². The Bertz CT molecular complexity index is 1290. The van der Waals surface area contributed by atoms with E-state index in [1.54, 1.807) is 37.4 Å². The van der Waals surface area contributed by atoms with Crippen molar-refractivity contribution < 1.29 is 13.2 Å². The van der Waals surface area contributed by atoms with E-state index in [2.05, 4.69) is 23.0 Å². The highest BCUT2D eigenvalue weighted by molar-refractivity contribution is 7.75. The van der Waals surface area contributed by atoms with Crippen molar-refractivity contribution >= 4 is 39.8 Å². The highest BCUT2D eigenvalue weighted by atomic mass is 35.5. The molecule has 0 radical (unpaired) electrons. The van der Waals surface area contributed by atoms with Crippen LogP contribution in [0, 0.1) is 19.8 Å². The second-order valence-electron chi connectivity index (χ2n) is 9.65. The molecule has 0 bridgehead atoms. The summed E-state index contributed by atoms with van der Waals surface area (Å²) in [6.45, 7) is 5.13. The zero-order valence-electron chi connectivity index (χ0n) is 21.0. The first-order valence-electron chi connectivity index (χ1n) is 12.3. The molecule has 1 saturated carbocycles. The summed E-state index contributed by atoms with van der Waals surface area (Å²) in [7, 11) is -1.07. The molecule has 0 aliphatic heterocycles. The van der Waals surface area contributed by atoms with Crippen molar-refractivity contribution in [2.24, 2.45) is 5.92 Å². The number of hydrogen-bond donors (Lipinski definition) is 1. The molecule has 192 valence electrons. The van der Waals surface area contributed by atoms with E-state index in [1.807, 2.05) is 23.6 Å². The minimum Gasteiger partial charge on any atom is -0.374 e. The number of anilines is 2. The molecule has 1 amide bonds. The van der Waals surface area contributed by atoms with Crippen LogP contribution in [0.3, 0.4) is 0 Å². The van der Waals surface area contributed by atoms with Crippen molar-refractivity contribution in [2.75, 3.05) is 22.8 Å². The summed E-state index contributed by atoms with van der Waals surface area (Å²) >= 11 is 6.66. The largest absolute Gasteiger partial charge is 0.374 e. The molecule has 3 aromatic rings. The van der Waals surface area contributed by atoms with Crippen molar-refractivity contribution in [2.45, 2.75) is 52.5 Å². The van der Waals surface area contributed by atoms with Gasteiger partial charge in [0.25, 0.3) is 5.91 Å². The normalized spacial score (nSPS) is 14.2. The molecule has 1 aliphatic rings. The Morgan fingerprint density at radius 1 is 1.06 bits per heavy atom. The van der Waals surface area contributed by atoms with Crippen LogP contribution in [0.15, 0.2) is 48.7 Å². The molecule has 2 aromatic carbocycles. The van der Waals surface area contributed by atoms with Crippen LogP contribution in [0.1, 0.15) is 59.5 Å². The van der Waals surface area contributed by atoms with Crippen molar-refractivity contribution in [3.8, 4) is 0 Å². The highest BCUT2D eigenvalue weighted by Gasteiger charge is 2.24. The molecule has 0 N–H and O–H groups in total. The van der Waals surface area contributed by atoms with E-state index >= 15 is 0 Å². The maximum Gasteiger partial charge on any atom is 0.292 e. The van der Waals surface area contributed by atoms with Gasteiger partial charge in [0.1, 0.15) is 11.5 Å². The van der Waals surface area contributed by atoms with Crippen LogP contribution >= 0.6 is 11.6 Å². The summed E-state index contributed by atoms with van der Waals surface area (Å²) in [4.78, 5) is 19.7. The van der Waals surface area contributed by atoms with Crippen molar-refractivity contribution in [3.63, 3.8) is 0 Å². The molecule has 0 atom stereocenters. The summed E-state index contributed by atoms with van der Waals surface area (Å²) in [6.07, 6.45) is 8.15. The van der Waals surface area contributed by atoms with E-state index in [4.69, 9.17) is 11.6 Å². The number of benzene rings is 2. The lowest BCUT2D eigenvalue weighted by Crippen LogP contribution is -2.29. The van der Waals surface area contributed by atoms with E-state index < -0.39 is 16.8 Å². The van der Waals surface area contributed by atoms with Gasteiger partial charge in [-0.15, -0.1) is 0 Å². The molecule has 36 heavy (non-hydrogen) atoms. The van der Waals surface area contributed by atoms with Crippen molar-refractivity contribution in [1.82, 2.24) is 9.55 Å². The third-order valence-corrected chi connectivity index (χ3v) is 8.00. The topological polar surface area (TPSA) is 75.5 Å².